The summed E-state index contributed by atoms with van der Waals surface area (Å²) in [6.45, 7) is 1.93. The van der Waals surface area contributed by atoms with Crippen LogP contribution in [0.5, 0.6) is 5.75 Å². The Morgan fingerprint density at radius 3 is 2.65 bits per heavy atom. The van der Waals surface area contributed by atoms with Gasteiger partial charge in [-0.25, -0.2) is 0 Å². The Bertz CT molecular complexity index is 496. The molecule has 0 bridgehead atoms. The summed E-state index contributed by atoms with van der Waals surface area (Å²) in [5.74, 6) is 0.803. The summed E-state index contributed by atoms with van der Waals surface area (Å²) in [7, 11) is 0. The van der Waals surface area contributed by atoms with Gasteiger partial charge in [0.1, 0.15) is 5.75 Å². The number of anilines is 1. The third-order valence-electron chi connectivity index (χ3n) is 2.72. The summed E-state index contributed by atoms with van der Waals surface area (Å²) in [5, 5.41) is 0. The Labute approximate surface area is 127 Å². The predicted octanol–water partition coefficient (Wildman–Crippen LogP) is 4.02. The van der Waals surface area contributed by atoms with Gasteiger partial charge in [0.15, 0.2) is 0 Å². The fourth-order valence-corrected chi connectivity index (χ4v) is 2.22. The molecular formula is C16H18BrNO2. The molecule has 0 atom stereocenters. The zero-order valence-electron chi connectivity index (χ0n) is 11.2. The molecule has 3 nitrogen and oxygen atoms in total. The van der Waals surface area contributed by atoms with Crippen LogP contribution in [0.1, 0.15) is 12.0 Å². The van der Waals surface area contributed by atoms with E-state index < -0.39 is 0 Å². The van der Waals surface area contributed by atoms with E-state index in [0.717, 1.165) is 22.2 Å². The van der Waals surface area contributed by atoms with E-state index in [1.54, 1.807) is 0 Å². The van der Waals surface area contributed by atoms with E-state index in [9.17, 15) is 0 Å². The van der Waals surface area contributed by atoms with E-state index in [2.05, 4.69) is 22.0 Å². The van der Waals surface area contributed by atoms with Crippen molar-refractivity contribution in [1.82, 2.24) is 0 Å². The van der Waals surface area contributed by atoms with Crippen LogP contribution in [0.2, 0.25) is 0 Å². The van der Waals surface area contributed by atoms with E-state index in [-0.39, 0.29) is 0 Å². The Morgan fingerprint density at radius 1 is 1.00 bits per heavy atom. The standard InChI is InChI=1S/C16H18BrNO2/c17-14-5-1-4-13(10-14)12-19-8-3-9-20-16-7-2-6-15(18)11-16/h1-2,4-7,10-11H,3,8-9,12,18H2. The SMILES string of the molecule is Nc1cccc(OCCCOCc2cccc(Br)c2)c1. The molecule has 2 N–H and O–H groups in total. The van der Waals surface area contributed by atoms with E-state index in [1.165, 1.54) is 0 Å². The number of halogens is 1. The molecule has 0 unspecified atom stereocenters. The molecular weight excluding hydrogens is 318 g/mol. The van der Waals surface area contributed by atoms with Crippen LogP contribution < -0.4 is 10.5 Å². The van der Waals surface area contributed by atoms with Gasteiger partial charge in [-0.15, -0.1) is 0 Å². The average molecular weight is 336 g/mol. The highest BCUT2D eigenvalue weighted by Crippen LogP contribution is 2.15. The summed E-state index contributed by atoms with van der Waals surface area (Å²) >= 11 is 3.44. The normalized spacial score (nSPS) is 10.4. The van der Waals surface area contributed by atoms with Crippen LogP contribution in [0.15, 0.2) is 53.0 Å². The molecule has 4 heteroatoms. The fourth-order valence-electron chi connectivity index (χ4n) is 1.77. The second-order valence-electron chi connectivity index (χ2n) is 4.46. The maximum absolute atomic E-state index is 5.68. The van der Waals surface area contributed by atoms with Gasteiger partial charge in [-0.05, 0) is 29.8 Å². The minimum absolute atomic E-state index is 0.623. The zero-order chi connectivity index (χ0) is 14.2. The van der Waals surface area contributed by atoms with Crippen LogP contribution in [0.3, 0.4) is 0 Å². The molecule has 0 aromatic heterocycles. The monoisotopic (exact) mass is 335 g/mol. The Hall–Kier alpha value is -1.52. The lowest BCUT2D eigenvalue weighted by molar-refractivity contribution is 0.107. The van der Waals surface area contributed by atoms with Crippen molar-refractivity contribution in [1.29, 1.82) is 0 Å². The van der Waals surface area contributed by atoms with Crippen molar-refractivity contribution in [2.75, 3.05) is 18.9 Å². The smallest absolute Gasteiger partial charge is 0.121 e. The van der Waals surface area contributed by atoms with Gasteiger partial charge < -0.3 is 15.2 Å². The predicted molar refractivity (Wildman–Crippen MR) is 84.8 cm³/mol. The Morgan fingerprint density at radius 2 is 1.85 bits per heavy atom. The van der Waals surface area contributed by atoms with Crippen LogP contribution in [-0.4, -0.2) is 13.2 Å². The number of hydrogen-bond donors (Lipinski definition) is 1. The molecule has 0 radical (unpaired) electrons. The van der Waals surface area contributed by atoms with Gasteiger partial charge >= 0.3 is 0 Å². The molecule has 2 aromatic carbocycles. The lowest BCUT2D eigenvalue weighted by Crippen LogP contribution is -2.03. The van der Waals surface area contributed by atoms with Crippen molar-refractivity contribution in [3.63, 3.8) is 0 Å². The molecule has 0 saturated heterocycles. The number of nitrogens with two attached hydrogens (primary N) is 1. The molecule has 0 aliphatic heterocycles. The lowest BCUT2D eigenvalue weighted by Gasteiger charge is -2.07. The number of ether oxygens (including phenoxy) is 2. The first-order chi connectivity index (χ1) is 9.74. The zero-order valence-corrected chi connectivity index (χ0v) is 12.8. The van der Waals surface area contributed by atoms with Crippen molar-refractivity contribution in [2.45, 2.75) is 13.0 Å². The van der Waals surface area contributed by atoms with E-state index in [4.69, 9.17) is 15.2 Å². The van der Waals surface area contributed by atoms with Crippen LogP contribution in [0.4, 0.5) is 5.69 Å². The third-order valence-corrected chi connectivity index (χ3v) is 3.21. The molecule has 2 aromatic rings. The van der Waals surface area contributed by atoms with E-state index in [0.29, 0.717) is 25.5 Å². The van der Waals surface area contributed by atoms with E-state index in [1.807, 2.05) is 42.5 Å². The molecule has 0 spiro atoms. The van der Waals surface area contributed by atoms with Gasteiger partial charge in [-0.3, -0.25) is 0 Å². The first-order valence-corrected chi connectivity index (χ1v) is 7.34. The van der Waals surface area contributed by atoms with Crippen LogP contribution in [0, 0.1) is 0 Å². The van der Waals surface area contributed by atoms with Crippen molar-refractivity contribution >= 4 is 21.6 Å². The number of benzene rings is 2. The highest BCUT2D eigenvalue weighted by Gasteiger charge is 1.96. The van der Waals surface area contributed by atoms with Crippen molar-refractivity contribution in [3.8, 4) is 5.75 Å². The summed E-state index contributed by atoms with van der Waals surface area (Å²) in [6.07, 6.45) is 0.850. The highest BCUT2D eigenvalue weighted by molar-refractivity contribution is 9.10. The van der Waals surface area contributed by atoms with Crippen molar-refractivity contribution in [2.24, 2.45) is 0 Å². The first-order valence-electron chi connectivity index (χ1n) is 6.54. The van der Waals surface area contributed by atoms with Gasteiger partial charge in [0.05, 0.1) is 19.8 Å². The molecule has 20 heavy (non-hydrogen) atoms. The second-order valence-corrected chi connectivity index (χ2v) is 5.37. The summed E-state index contributed by atoms with van der Waals surface area (Å²) in [6, 6.07) is 15.6. The lowest BCUT2D eigenvalue weighted by atomic mass is 10.2. The van der Waals surface area contributed by atoms with Crippen molar-refractivity contribution < 1.29 is 9.47 Å². The Kier molecular flexibility index (Phi) is 5.89. The molecule has 0 aliphatic carbocycles. The number of nitrogen functional groups attached to an aromatic ring is 1. The van der Waals surface area contributed by atoms with Crippen LogP contribution in [0.25, 0.3) is 0 Å². The Balaban J connectivity index is 1.60. The first kappa shape index (κ1) is 14.9. The third kappa shape index (κ3) is 5.23. The quantitative estimate of drug-likeness (QED) is 0.614. The number of hydrogen-bond acceptors (Lipinski definition) is 3. The largest absolute Gasteiger partial charge is 0.493 e. The number of rotatable bonds is 7. The molecule has 0 amide bonds. The van der Waals surface area contributed by atoms with Gasteiger partial charge in [0, 0.05) is 22.6 Å². The maximum atomic E-state index is 5.68. The van der Waals surface area contributed by atoms with Gasteiger partial charge in [-0.2, -0.15) is 0 Å². The minimum Gasteiger partial charge on any atom is -0.493 e. The molecule has 2 rings (SSSR count). The molecule has 106 valence electrons. The fraction of sp³-hybridized carbons (Fsp3) is 0.250. The molecule has 0 saturated carbocycles. The minimum atomic E-state index is 0.623. The highest BCUT2D eigenvalue weighted by atomic mass is 79.9. The second kappa shape index (κ2) is 7.92. The summed E-state index contributed by atoms with van der Waals surface area (Å²) in [5.41, 5.74) is 7.56. The van der Waals surface area contributed by atoms with E-state index >= 15 is 0 Å². The average Bonchev–Trinajstić information content (AvgIpc) is 2.43. The molecule has 0 heterocycles. The van der Waals surface area contributed by atoms with Crippen LogP contribution in [-0.2, 0) is 11.3 Å². The summed E-state index contributed by atoms with van der Waals surface area (Å²) < 4.78 is 12.3. The maximum Gasteiger partial charge on any atom is 0.121 e. The molecule has 0 fully saturated rings. The van der Waals surface area contributed by atoms with Gasteiger partial charge in [0.25, 0.3) is 0 Å². The molecule has 0 aliphatic rings. The van der Waals surface area contributed by atoms with Gasteiger partial charge in [0.2, 0.25) is 0 Å². The van der Waals surface area contributed by atoms with Crippen molar-refractivity contribution in [3.05, 3.63) is 58.6 Å². The van der Waals surface area contributed by atoms with Crippen LogP contribution >= 0.6 is 15.9 Å². The topological polar surface area (TPSA) is 44.5 Å². The van der Waals surface area contributed by atoms with Gasteiger partial charge in [-0.1, -0.05) is 34.1 Å². The summed E-state index contributed by atoms with van der Waals surface area (Å²) in [4.78, 5) is 0.